The normalized spacial score (nSPS) is 15.2. The van der Waals surface area contributed by atoms with Gasteiger partial charge in [0.05, 0.1) is 2.88 Å². The van der Waals surface area contributed by atoms with Crippen molar-refractivity contribution in [2.45, 2.75) is 44.4 Å². The molecule has 0 aromatic carbocycles. The highest BCUT2D eigenvalue weighted by molar-refractivity contribution is 14.1. The Morgan fingerprint density at radius 2 is 2.13 bits per heavy atom. The third-order valence-electron chi connectivity index (χ3n) is 2.72. The number of thiophene rings is 1. The lowest BCUT2D eigenvalue weighted by molar-refractivity contribution is 0.450. The van der Waals surface area contributed by atoms with Gasteiger partial charge >= 0.3 is 0 Å². The second-order valence-electron chi connectivity index (χ2n) is 3.88. The van der Waals surface area contributed by atoms with Crippen LogP contribution >= 0.6 is 49.9 Å². The van der Waals surface area contributed by atoms with Gasteiger partial charge in [-0.2, -0.15) is 0 Å². The van der Waals surface area contributed by atoms with E-state index < -0.39 is 0 Å². The van der Waals surface area contributed by atoms with E-state index >= 15 is 0 Å². The summed E-state index contributed by atoms with van der Waals surface area (Å²) in [7, 11) is 0. The topological polar surface area (TPSA) is 0 Å². The van der Waals surface area contributed by atoms with Crippen molar-refractivity contribution in [2.75, 3.05) is 0 Å². The van der Waals surface area contributed by atoms with Crippen molar-refractivity contribution in [3.63, 3.8) is 0 Å². The summed E-state index contributed by atoms with van der Waals surface area (Å²) in [6.45, 7) is 4.57. The molecule has 0 aliphatic carbocycles. The maximum Gasteiger partial charge on any atom is 0.0656 e. The molecule has 0 spiro atoms. The van der Waals surface area contributed by atoms with Crippen molar-refractivity contribution in [3.8, 4) is 0 Å². The molecule has 1 aromatic rings. The number of hydrogen-bond donors (Lipinski definition) is 0. The van der Waals surface area contributed by atoms with Gasteiger partial charge in [-0.25, -0.2) is 0 Å². The maximum absolute atomic E-state index is 3.86. The zero-order valence-corrected chi connectivity index (χ0v) is 13.9. The van der Waals surface area contributed by atoms with Gasteiger partial charge in [0.15, 0.2) is 0 Å². The number of halogens is 2. The first-order valence-corrected chi connectivity index (χ1v) is 8.36. The van der Waals surface area contributed by atoms with E-state index in [-0.39, 0.29) is 0 Å². The van der Waals surface area contributed by atoms with Crippen molar-refractivity contribution >= 4 is 49.9 Å². The number of hydrogen-bond acceptors (Lipinski definition) is 1. The van der Waals surface area contributed by atoms with Crippen LogP contribution < -0.4 is 0 Å². The lowest BCUT2D eigenvalue weighted by Gasteiger charge is -2.19. The average Bonchev–Trinajstić information content (AvgIpc) is 2.60. The largest absolute Gasteiger partial charge is 0.134 e. The highest BCUT2D eigenvalue weighted by Gasteiger charge is 2.17. The van der Waals surface area contributed by atoms with E-state index in [1.807, 2.05) is 11.3 Å². The van der Waals surface area contributed by atoms with E-state index in [9.17, 15) is 0 Å². The Balaban J connectivity index is 2.49. The second kappa shape index (κ2) is 7.28. The van der Waals surface area contributed by atoms with Crippen LogP contribution in [0.3, 0.4) is 0 Å². The molecule has 1 rings (SSSR count). The summed E-state index contributed by atoms with van der Waals surface area (Å²) >= 11 is 8.17. The van der Waals surface area contributed by atoms with Crippen molar-refractivity contribution in [1.82, 2.24) is 0 Å². The van der Waals surface area contributed by atoms with Gasteiger partial charge in [-0.1, -0.05) is 42.6 Å². The predicted octanol–water partition coefficient (Wildman–Crippen LogP) is 5.49. The van der Waals surface area contributed by atoms with Crippen LogP contribution in [0.1, 0.15) is 38.0 Å². The second-order valence-corrected chi connectivity index (χ2v) is 8.12. The van der Waals surface area contributed by atoms with Crippen LogP contribution in [0, 0.1) is 8.80 Å². The van der Waals surface area contributed by atoms with E-state index in [2.05, 4.69) is 64.5 Å². The standard InChI is InChI=1S/C12H18BrIS/c1-3-5-9(4-2)11(13)8-10-6-7-12(14)15-10/h6-7,9,11H,3-5,8H2,1-2H3. The Bertz CT molecular complexity index is 285. The van der Waals surface area contributed by atoms with Crippen LogP contribution in [0.2, 0.25) is 0 Å². The SMILES string of the molecule is CCCC(CC)C(Br)Cc1ccc(I)s1. The third-order valence-corrected chi connectivity index (χ3v) is 5.71. The minimum atomic E-state index is 0.650. The lowest BCUT2D eigenvalue weighted by Crippen LogP contribution is -2.15. The van der Waals surface area contributed by atoms with Gasteiger partial charge in [0.25, 0.3) is 0 Å². The van der Waals surface area contributed by atoms with Gasteiger partial charge in [-0.05, 0) is 53.5 Å². The fourth-order valence-corrected chi connectivity index (χ4v) is 4.85. The van der Waals surface area contributed by atoms with Gasteiger partial charge < -0.3 is 0 Å². The Morgan fingerprint density at radius 1 is 1.40 bits per heavy atom. The molecule has 0 aliphatic heterocycles. The summed E-state index contributed by atoms with van der Waals surface area (Å²) < 4.78 is 1.39. The van der Waals surface area contributed by atoms with Crippen LogP contribution in [0.25, 0.3) is 0 Å². The third kappa shape index (κ3) is 4.73. The first-order chi connectivity index (χ1) is 7.17. The van der Waals surface area contributed by atoms with Gasteiger partial charge in [0, 0.05) is 9.70 Å². The van der Waals surface area contributed by atoms with Crippen molar-refractivity contribution in [2.24, 2.45) is 5.92 Å². The lowest BCUT2D eigenvalue weighted by atomic mass is 9.95. The molecule has 0 radical (unpaired) electrons. The molecule has 0 saturated heterocycles. The van der Waals surface area contributed by atoms with Crippen LogP contribution in [-0.2, 0) is 6.42 Å². The molecule has 0 bridgehead atoms. The molecule has 1 aromatic heterocycles. The van der Waals surface area contributed by atoms with E-state index in [1.165, 1.54) is 33.4 Å². The van der Waals surface area contributed by atoms with E-state index in [4.69, 9.17) is 0 Å². The van der Waals surface area contributed by atoms with Crippen LogP contribution in [0.15, 0.2) is 12.1 Å². The van der Waals surface area contributed by atoms with Crippen LogP contribution in [-0.4, -0.2) is 4.83 Å². The molecule has 2 atom stereocenters. The Kier molecular flexibility index (Phi) is 6.78. The molecule has 0 saturated carbocycles. The van der Waals surface area contributed by atoms with E-state index in [0.29, 0.717) is 4.83 Å². The van der Waals surface area contributed by atoms with Crippen molar-refractivity contribution < 1.29 is 0 Å². The maximum atomic E-state index is 3.86. The quantitative estimate of drug-likeness (QED) is 0.437. The summed E-state index contributed by atoms with van der Waals surface area (Å²) in [6, 6.07) is 4.47. The zero-order chi connectivity index (χ0) is 11.3. The molecule has 15 heavy (non-hydrogen) atoms. The van der Waals surface area contributed by atoms with Crippen molar-refractivity contribution in [3.05, 3.63) is 19.9 Å². The fourth-order valence-electron chi connectivity index (χ4n) is 1.83. The van der Waals surface area contributed by atoms with Gasteiger partial charge in [0.2, 0.25) is 0 Å². The molecule has 0 fully saturated rings. The summed E-state index contributed by atoms with van der Waals surface area (Å²) in [4.78, 5) is 2.16. The Labute approximate surface area is 119 Å². The molecule has 0 N–H and O–H groups in total. The summed E-state index contributed by atoms with van der Waals surface area (Å²) in [5, 5.41) is 0. The molecule has 0 nitrogen and oxygen atoms in total. The highest BCUT2D eigenvalue weighted by atomic mass is 127. The molecular formula is C12H18BrIS. The first-order valence-electron chi connectivity index (χ1n) is 5.55. The first kappa shape index (κ1) is 14.0. The number of alkyl halides is 1. The molecule has 0 amide bonds. The van der Waals surface area contributed by atoms with Crippen LogP contribution in [0.4, 0.5) is 0 Å². The number of rotatable bonds is 6. The summed E-state index contributed by atoms with van der Waals surface area (Å²) in [5.74, 6) is 0.828. The van der Waals surface area contributed by atoms with Gasteiger partial charge in [-0.3, -0.25) is 0 Å². The highest BCUT2D eigenvalue weighted by Crippen LogP contribution is 2.28. The van der Waals surface area contributed by atoms with Gasteiger partial charge in [0.1, 0.15) is 0 Å². The minimum absolute atomic E-state index is 0.650. The fraction of sp³-hybridized carbons (Fsp3) is 0.667. The zero-order valence-electron chi connectivity index (χ0n) is 9.30. The summed E-state index contributed by atoms with van der Waals surface area (Å²) in [6.07, 6.45) is 5.11. The molecule has 3 heteroatoms. The Morgan fingerprint density at radius 3 is 2.60 bits per heavy atom. The van der Waals surface area contributed by atoms with Gasteiger partial charge in [-0.15, -0.1) is 11.3 Å². The molecule has 86 valence electrons. The molecular weight excluding hydrogens is 383 g/mol. The smallest absolute Gasteiger partial charge is 0.0656 e. The molecule has 1 heterocycles. The van der Waals surface area contributed by atoms with Crippen molar-refractivity contribution in [1.29, 1.82) is 0 Å². The predicted molar refractivity (Wildman–Crippen MR) is 82.1 cm³/mol. The van der Waals surface area contributed by atoms with E-state index in [1.54, 1.807) is 0 Å². The minimum Gasteiger partial charge on any atom is -0.134 e. The summed E-state index contributed by atoms with van der Waals surface area (Å²) in [5.41, 5.74) is 0. The molecule has 2 unspecified atom stereocenters. The average molecular weight is 401 g/mol. The molecule has 0 aliphatic rings. The monoisotopic (exact) mass is 400 g/mol. The Hall–Kier alpha value is 0.910. The van der Waals surface area contributed by atoms with Crippen LogP contribution in [0.5, 0.6) is 0 Å². The van der Waals surface area contributed by atoms with E-state index in [0.717, 1.165) is 5.92 Å².